The first-order chi connectivity index (χ1) is 9.94. The molecule has 0 spiro atoms. The third-order valence-corrected chi connectivity index (χ3v) is 4.45. The molecular formula is C13H13ClFN3O2S. The van der Waals surface area contributed by atoms with E-state index in [1.165, 1.54) is 18.5 Å². The summed E-state index contributed by atoms with van der Waals surface area (Å²) in [5.74, 6) is -0.782. The van der Waals surface area contributed by atoms with Crippen LogP contribution in [0.3, 0.4) is 0 Å². The number of hydrogen-bond donors (Lipinski definition) is 2. The third kappa shape index (κ3) is 3.69. The summed E-state index contributed by atoms with van der Waals surface area (Å²) in [6, 6.07) is 5.36. The fourth-order valence-corrected chi connectivity index (χ4v) is 3.01. The molecule has 0 aliphatic rings. The quantitative estimate of drug-likeness (QED) is 0.883. The first-order valence-electron chi connectivity index (χ1n) is 5.99. The van der Waals surface area contributed by atoms with Gasteiger partial charge < -0.3 is 5.32 Å². The van der Waals surface area contributed by atoms with Crippen LogP contribution in [0.1, 0.15) is 5.56 Å². The smallest absolute Gasteiger partial charge is 0.262 e. The zero-order valence-corrected chi connectivity index (χ0v) is 12.7. The SMILES string of the molecule is CNCc1cc(S(=O)(=O)Nc2cccnc2)cc(F)c1Cl. The Hall–Kier alpha value is -1.70. The lowest BCUT2D eigenvalue weighted by Gasteiger charge is -2.11. The van der Waals surface area contributed by atoms with E-state index in [-0.39, 0.29) is 16.5 Å². The van der Waals surface area contributed by atoms with Gasteiger partial charge in [0.2, 0.25) is 0 Å². The van der Waals surface area contributed by atoms with Crippen molar-refractivity contribution in [2.45, 2.75) is 11.4 Å². The highest BCUT2D eigenvalue weighted by molar-refractivity contribution is 7.92. The molecule has 1 aromatic carbocycles. The van der Waals surface area contributed by atoms with E-state index in [9.17, 15) is 12.8 Å². The number of halogens is 2. The molecular weight excluding hydrogens is 317 g/mol. The average Bonchev–Trinajstić information content (AvgIpc) is 2.44. The fraction of sp³-hybridized carbons (Fsp3) is 0.154. The molecule has 0 atom stereocenters. The third-order valence-electron chi connectivity index (χ3n) is 2.67. The number of nitrogens with zero attached hydrogens (tertiary/aromatic N) is 1. The Morgan fingerprint density at radius 1 is 1.38 bits per heavy atom. The van der Waals surface area contributed by atoms with E-state index in [1.54, 1.807) is 19.2 Å². The zero-order valence-electron chi connectivity index (χ0n) is 11.1. The van der Waals surface area contributed by atoms with Gasteiger partial charge in [-0.2, -0.15) is 0 Å². The van der Waals surface area contributed by atoms with Crippen molar-refractivity contribution in [3.8, 4) is 0 Å². The number of hydrogen-bond acceptors (Lipinski definition) is 4. The Labute approximate surface area is 127 Å². The van der Waals surface area contributed by atoms with Crippen LogP contribution < -0.4 is 10.0 Å². The topological polar surface area (TPSA) is 71.1 Å². The number of nitrogens with one attached hydrogen (secondary N) is 2. The van der Waals surface area contributed by atoms with E-state index in [0.29, 0.717) is 11.3 Å². The second-order valence-corrected chi connectivity index (χ2v) is 6.32. The van der Waals surface area contributed by atoms with Gasteiger partial charge in [0.1, 0.15) is 5.82 Å². The van der Waals surface area contributed by atoms with Gasteiger partial charge in [0.25, 0.3) is 10.0 Å². The Balaban J connectivity index is 2.40. The van der Waals surface area contributed by atoms with Crippen molar-refractivity contribution in [3.05, 3.63) is 53.1 Å². The number of benzene rings is 1. The highest BCUT2D eigenvalue weighted by Gasteiger charge is 2.19. The summed E-state index contributed by atoms with van der Waals surface area (Å²) in [5.41, 5.74) is 0.661. The molecule has 1 aromatic heterocycles. The standard InChI is InChI=1S/C13H13ClFN3O2S/c1-16-7-9-5-11(6-12(15)13(9)14)21(19,20)18-10-3-2-4-17-8-10/h2-6,8,16,18H,7H2,1H3. The lowest BCUT2D eigenvalue weighted by Crippen LogP contribution is -2.15. The van der Waals surface area contributed by atoms with Crippen molar-refractivity contribution in [1.82, 2.24) is 10.3 Å². The maximum atomic E-state index is 13.8. The van der Waals surface area contributed by atoms with E-state index >= 15 is 0 Å². The highest BCUT2D eigenvalue weighted by atomic mass is 35.5. The molecule has 1 heterocycles. The van der Waals surface area contributed by atoms with Crippen LogP contribution in [-0.2, 0) is 16.6 Å². The molecule has 0 aliphatic heterocycles. The van der Waals surface area contributed by atoms with Crippen LogP contribution in [0.2, 0.25) is 5.02 Å². The molecule has 2 aromatic rings. The van der Waals surface area contributed by atoms with Crippen LogP contribution in [-0.4, -0.2) is 20.4 Å². The monoisotopic (exact) mass is 329 g/mol. The van der Waals surface area contributed by atoms with Gasteiger partial charge in [-0.05, 0) is 36.9 Å². The lowest BCUT2D eigenvalue weighted by molar-refractivity contribution is 0.594. The lowest BCUT2D eigenvalue weighted by atomic mass is 10.2. The summed E-state index contributed by atoms with van der Waals surface area (Å²) in [6.07, 6.45) is 2.88. The molecule has 112 valence electrons. The summed E-state index contributed by atoms with van der Waals surface area (Å²) in [5, 5.41) is 2.71. The van der Waals surface area contributed by atoms with Gasteiger partial charge in [-0.15, -0.1) is 0 Å². The van der Waals surface area contributed by atoms with E-state index in [1.807, 2.05) is 0 Å². The van der Waals surface area contributed by atoms with Crippen molar-refractivity contribution in [2.24, 2.45) is 0 Å². The molecule has 0 radical (unpaired) electrons. The van der Waals surface area contributed by atoms with Crippen LogP contribution in [0.15, 0.2) is 41.6 Å². The predicted octanol–water partition coefficient (Wildman–Crippen LogP) is 2.39. The number of sulfonamides is 1. The normalized spacial score (nSPS) is 11.4. The first-order valence-corrected chi connectivity index (χ1v) is 7.85. The van der Waals surface area contributed by atoms with E-state index in [0.717, 1.165) is 6.07 Å². The molecule has 2 rings (SSSR count). The number of anilines is 1. The van der Waals surface area contributed by atoms with E-state index < -0.39 is 15.8 Å². The summed E-state index contributed by atoms with van der Waals surface area (Å²) in [7, 11) is -2.25. The molecule has 2 N–H and O–H groups in total. The van der Waals surface area contributed by atoms with Crippen molar-refractivity contribution < 1.29 is 12.8 Å². The predicted molar refractivity (Wildman–Crippen MR) is 79.2 cm³/mol. The Morgan fingerprint density at radius 3 is 2.76 bits per heavy atom. The molecule has 0 unspecified atom stereocenters. The molecule has 21 heavy (non-hydrogen) atoms. The maximum absolute atomic E-state index is 13.8. The molecule has 0 bridgehead atoms. The molecule has 0 aliphatic carbocycles. The average molecular weight is 330 g/mol. The van der Waals surface area contributed by atoms with Crippen LogP contribution in [0, 0.1) is 5.82 Å². The molecule has 0 amide bonds. The molecule has 0 saturated carbocycles. The minimum absolute atomic E-state index is 0.0929. The van der Waals surface area contributed by atoms with Gasteiger partial charge in [-0.3, -0.25) is 9.71 Å². The summed E-state index contributed by atoms with van der Waals surface area (Å²) >= 11 is 5.81. The fourth-order valence-electron chi connectivity index (χ4n) is 1.73. The van der Waals surface area contributed by atoms with Crippen LogP contribution >= 0.6 is 11.6 Å². The molecule has 0 saturated heterocycles. The second kappa shape index (κ2) is 6.38. The Bertz CT molecular complexity index is 739. The van der Waals surface area contributed by atoms with Gasteiger partial charge in [-0.25, -0.2) is 12.8 Å². The minimum Gasteiger partial charge on any atom is -0.316 e. The van der Waals surface area contributed by atoms with Gasteiger partial charge >= 0.3 is 0 Å². The van der Waals surface area contributed by atoms with E-state index in [4.69, 9.17) is 11.6 Å². The number of rotatable bonds is 5. The van der Waals surface area contributed by atoms with Gasteiger partial charge in [0.05, 0.1) is 21.8 Å². The van der Waals surface area contributed by atoms with Crippen LogP contribution in [0.4, 0.5) is 10.1 Å². The second-order valence-electron chi connectivity index (χ2n) is 4.26. The summed E-state index contributed by atoms with van der Waals surface area (Å²) in [6.45, 7) is 0.256. The van der Waals surface area contributed by atoms with Gasteiger partial charge in [0.15, 0.2) is 0 Å². The number of aromatic nitrogens is 1. The zero-order chi connectivity index (χ0) is 15.5. The minimum atomic E-state index is -3.91. The molecule has 8 heteroatoms. The highest BCUT2D eigenvalue weighted by Crippen LogP contribution is 2.25. The van der Waals surface area contributed by atoms with Crippen molar-refractivity contribution in [1.29, 1.82) is 0 Å². The molecule has 0 fully saturated rings. The van der Waals surface area contributed by atoms with Crippen LogP contribution in [0.5, 0.6) is 0 Å². The first kappa shape index (κ1) is 15.7. The summed E-state index contributed by atoms with van der Waals surface area (Å²) < 4.78 is 40.6. The van der Waals surface area contributed by atoms with Gasteiger partial charge in [0, 0.05) is 12.7 Å². The van der Waals surface area contributed by atoms with Crippen LogP contribution in [0.25, 0.3) is 0 Å². The number of pyridine rings is 1. The van der Waals surface area contributed by atoms with Crippen molar-refractivity contribution in [3.63, 3.8) is 0 Å². The Morgan fingerprint density at radius 2 is 2.14 bits per heavy atom. The van der Waals surface area contributed by atoms with Gasteiger partial charge in [-0.1, -0.05) is 11.6 Å². The largest absolute Gasteiger partial charge is 0.316 e. The Kier molecular flexibility index (Phi) is 4.76. The van der Waals surface area contributed by atoms with Crippen molar-refractivity contribution >= 4 is 27.3 Å². The maximum Gasteiger partial charge on any atom is 0.262 e. The molecule has 5 nitrogen and oxygen atoms in total. The summed E-state index contributed by atoms with van der Waals surface area (Å²) in [4.78, 5) is 3.61. The van der Waals surface area contributed by atoms with E-state index in [2.05, 4.69) is 15.0 Å². The van der Waals surface area contributed by atoms with Crippen molar-refractivity contribution in [2.75, 3.05) is 11.8 Å².